The zero-order valence-electron chi connectivity index (χ0n) is 10.2. The molecule has 0 heterocycles. The van der Waals surface area contributed by atoms with Crippen LogP contribution in [0.2, 0.25) is 0 Å². The van der Waals surface area contributed by atoms with E-state index in [2.05, 4.69) is 16.7 Å². The molecule has 2 N–H and O–H groups in total. The number of rotatable bonds is 5. The fraction of sp³-hybridized carbons (Fsp3) is 0.385. The van der Waals surface area contributed by atoms with Crippen LogP contribution in [0, 0.1) is 11.3 Å². The molecular formula is C13H17N3O. The molecule has 1 rings (SSSR count). The maximum absolute atomic E-state index is 11.3. The van der Waals surface area contributed by atoms with Crippen LogP contribution in [0.15, 0.2) is 24.3 Å². The molecule has 1 amide bonds. The predicted molar refractivity (Wildman–Crippen MR) is 66.3 cm³/mol. The van der Waals surface area contributed by atoms with E-state index in [1.165, 1.54) is 0 Å². The fourth-order valence-corrected chi connectivity index (χ4v) is 1.47. The summed E-state index contributed by atoms with van der Waals surface area (Å²) in [5.74, 6) is -0.00649. The molecule has 0 spiro atoms. The Hall–Kier alpha value is -1.86. The van der Waals surface area contributed by atoms with E-state index in [0.717, 1.165) is 5.56 Å². The molecule has 90 valence electrons. The Balaban J connectivity index is 2.49. The standard InChI is InChI=1S/C13H17N3O/c1-3-15-13(17)9-16-10(2)12-6-4-11(8-14)5-7-12/h4-7,10,16H,3,9H2,1-2H3,(H,15,17). The Kier molecular flexibility index (Phi) is 5.18. The Bertz CT molecular complexity index is 406. The zero-order valence-corrected chi connectivity index (χ0v) is 10.2. The van der Waals surface area contributed by atoms with E-state index in [1.54, 1.807) is 12.1 Å². The van der Waals surface area contributed by atoms with Crippen molar-refractivity contribution in [2.75, 3.05) is 13.1 Å². The van der Waals surface area contributed by atoms with E-state index >= 15 is 0 Å². The topological polar surface area (TPSA) is 64.9 Å². The average Bonchev–Trinajstić information content (AvgIpc) is 2.36. The second kappa shape index (κ2) is 6.66. The highest BCUT2D eigenvalue weighted by atomic mass is 16.1. The van der Waals surface area contributed by atoms with E-state index in [0.29, 0.717) is 18.7 Å². The van der Waals surface area contributed by atoms with Crippen molar-refractivity contribution >= 4 is 5.91 Å². The second-order valence-electron chi connectivity index (χ2n) is 3.79. The van der Waals surface area contributed by atoms with Crippen LogP contribution >= 0.6 is 0 Å². The number of carbonyl (C=O) groups excluding carboxylic acids is 1. The van der Waals surface area contributed by atoms with Gasteiger partial charge in [0.15, 0.2) is 0 Å². The Labute approximate surface area is 102 Å². The van der Waals surface area contributed by atoms with Crippen LogP contribution in [0.3, 0.4) is 0 Å². The van der Waals surface area contributed by atoms with Crippen LogP contribution in [0.1, 0.15) is 31.0 Å². The van der Waals surface area contributed by atoms with Crippen molar-refractivity contribution in [3.63, 3.8) is 0 Å². The maximum Gasteiger partial charge on any atom is 0.233 e. The van der Waals surface area contributed by atoms with Crippen molar-refractivity contribution in [2.24, 2.45) is 0 Å². The van der Waals surface area contributed by atoms with Gasteiger partial charge in [-0.1, -0.05) is 12.1 Å². The first-order valence-corrected chi connectivity index (χ1v) is 5.67. The molecule has 1 aromatic rings. The summed E-state index contributed by atoms with van der Waals surface area (Å²) in [5.41, 5.74) is 1.71. The lowest BCUT2D eigenvalue weighted by Crippen LogP contribution is -2.34. The lowest BCUT2D eigenvalue weighted by Gasteiger charge is -2.13. The number of carbonyl (C=O) groups is 1. The molecule has 1 unspecified atom stereocenters. The number of hydrogen-bond donors (Lipinski definition) is 2. The summed E-state index contributed by atoms with van der Waals surface area (Å²) in [4.78, 5) is 11.3. The molecule has 0 aliphatic rings. The molecule has 0 fully saturated rings. The molecule has 0 aliphatic carbocycles. The summed E-state index contributed by atoms with van der Waals surface area (Å²) in [5, 5.41) is 14.5. The lowest BCUT2D eigenvalue weighted by atomic mass is 10.1. The van der Waals surface area contributed by atoms with Gasteiger partial charge in [-0.25, -0.2) is 0 Å². The monoisotopic (exact) mass is 231 g/mol. The summed E-state index contributed by atoms with van der Waals surface area (Å²) in [6, 6.07) is 9.51. The maximum atomic E-state index is 11.3. The van der Waals surface area contributed by atoms with Gasteiger partial charge in [-0.05, 0) is 31.5 Å². The summed E-state index contributed by atoms with van der Waals surface area (Å²) >= 11 is 0. The molecular weight excluding hydrogens is 214 g/mol. The van der Waals surface area contributed by atoms with Gasteiger partial charge in [-0.15, -0.1) is 0 Å². The van der Waals surface area contributed by atoms with Gasteiger partial charge in [-0.2, -0.15) is 5.26 Å². The molecule has 0 bridgehead atoms. The van der Waals surface area contributed by atoms with Crippen molar-refractivity contribution < 1.29 is 4.79 Å². The Morgan fingerprint density at radius 3 is 2.59 bits per heavy atom. The molecule has 4 nitrogen and oxygen atoms in total. The summed E-state index contributed by atoms with van der Waals surface area (Å²) in [6.45, 7) is 4.82. The third-order valence-corrected chi connectivity index (χ3v) is 2.48. The molecule has 17 heavy (non-hydrogen) atoms. The quantitative estimate of drug-likeness (QED) is 0.803. The van der Waals surface area contributed by atoms with Crippen LogP contribution < -0.4 is 10.6 Å². The lowest BCUT2D eigenvalue weighted by molar-refractivity contribution is -0.120. The number of likely N-dealkylation sites (N-methyl/N-ethyl adjacent to an activating group) is 1. The van der Waals surface area contributed by atoms with Gasteiger partial charge in [0, 0.05) is 12.6 Å². The van der Waals surface area contributed by atoms with Gasteiger partial charge in [0.2, 0.25) is 5.91 Å². The van der Waals surface area contributed by atoms with E-state index < -0.39 is 0 Å². The molecule has 4 heteroatoms. The van der Waals surface area contributed by atoms with Crippen LogP contribution in [0.25, 0.3) is 0 Å². The van der Waals surface area contributed by atoms with E-state index in [9.17, 15) is 4.79 Å². The first kappa shape index (κ1) is 13.2. The third-order valence-electron chi connectivity index (χ3n) is 2.48. The number of nitriles is 1. The highest BCUT2D eigenvalue weighted by Gasteiger charge is 2.06. The summed E-state index contributed by atoms with van der Waals surface area (Å²) < 4.78 is 0. The number of benzene rings is 1. The van der Waals surface area contributed by atoms with Crippen molar-refractivity contribution in [1.29, 1.82) is 5.26 Å². The summed E-state index contributed by atoms with van der Waals surface area (Å²) in [6.07, 6.45) is 0. The number of amides is 1. The van der Waals surface area contributed by atoms with Gasteiger partial charge >= 0.3 is 0 Å². The van der Waals surface area contributed by atoms with Gasteiger partial charge in [-0.3, -0.25) is 4.79 Å². The highest BCUT2D eigenvalue weighted by Crippen LogP contribution is 2.12. The molecule has 0 aromatic heterocycles. The molecule has 0 saturated heterocycles. The van der Waals surface area contributed by atoms with Crippen LogP contribution in [0.5, 0.6) is 0 Å². The Morgan fingerprint density at radius 2 is 2.06 bits per heavy atom. The first-order chi connectivity index (χ1) is 8.17. The van der Waals surface area contributed by atoms with E-state index in [-0.39, 0.29) is 11.9 Å². The number of nitrogens with zero attached hydrogens (tertiary/aromatic N) is 1. The molecule has 1 atom stereocenters. The highest BCUT2D eigenvalue weighted by molar-refractivity contribution is 5.77. The minimum atomic E-state index is -0.00649. The van der Waals surface area contributed by atoms with E-state index in [4.69, 9.17) is 5.26 Å². The van der Waals surface area contributed by atoms with Gasteiger partial charge in [0.1, 0.15) is 0 Å². The smallest absolute Gasteiger partial charge is 0.233 e. The SMILES string of the molecule is CCNC(=O)CNC(C)c1ccc(C#N)cc1. The normalized spacial score (nSPS) is 11.6. The predicted octanol–water partition coefficient (Wildman–Crippen LogP) is 1.34. The van der Waals surface area contributed by atoms with Crippen molar-refractivity contribution in [1.82, 2.24) is 10.6 Å². The minimum absolute atomic E-state index is 0.00649. The Morgan fingerprint density at radius 1 is 1.41 bits per heavy atom. The van der Waals surface area contributed by atoms with E-state index in [1.807, 2.05) is 26.0 Å². The summed E-state index contributed by atoms with van der Waals surface area (Å²) in [7, 11) is 0. The average molecular weight is 231 g/mol. The number of hydrogen-bond acceptors (Lipinski definition) is 3. The van der Waals surface area contributed by atoms with Crippen LogP contribution in [-0.4, -0.2) is 19.0 Å². The van der Waals surface area contributed by atoms with Gasteiger partial charge in [0.25, 0.3) is 0 Å². The second-order valence-corrected chi connectivity index (χ2v) is 3.79. The third kappa shape index (κ3) is 4.25. The first-order valence-electron chi connectivity index (χ1n) is 5.67. The molecule has 0 aliphatic heterocycles. The van der Waals surface area contributed by atoms with Crippen LogP contribution in [-0.2, 0) is 4.79 Å². The molecule has 0 saturated carbocycles. The van der Waals surface area contributed by atoms with Crippen molar-refractivity contribution in [3.8, 4) is 6.07 Å². The van der Waals surface area contributed by atoms with Gasteiger partial charge < -0.3 is 10.6 Å². The number of nitrogens with one attached hydrogen (secondary N) is 2. The molecule has 0 radical (unpaired) electrons. The van der Waals surface area contributed by atoms with Crippen molar-refractivity contribution in [2.45, 2.75) is 19.9 Å². The largest absolute Gasteiger partial charge is 0.355 e. The van der Waals surface area contributed by atoms with Crippen molar-refractivity contribution in [3.05, 3.63) is 35.4 Å². The molecule has 1 aromatic carbocycles. The minimum Gasteiger partial charge on any atom is -0.355 e. The fourth-order valence-electron chi connectivity index (χ4n) is 1.47. The van der Waals surface area contributed by atoms with Gasteiger partial charge in [0.05, 0.1) is 18.2 Å². The van der Waals surface area contributed by atoms with Crippen LogP contribution in [0.4, 0.5) is 0 Å². The zero-order chi connectivity index (χ0) is 12.7.